The second-order valence-corrected chi connectivity index (χ2v) is 5.99. The first-order valence-corrected chi connectivity index (χ1v) is 8.04. The lowest BCUT2D eigenvalue weighted by Gasteiger charge is -2.13. The van der Waals surface area contributed by atoms with Gasteiger partial charge in [0.2, 0.25) is 0 Å². The van der Waals surface area contributed by atoms with Crippen molar-refractivity contribution in [2.45, 2.75) is 19.1 Å². The average Bonchev–Trinajstić information content (AvgIpc) is 3.13. The Morgan fingerprint density at radius 3 is 2.67 bits per heavy atom. The Morgan fingerprint density at radius 1 is 1.17 bits per heavy atom. The van der Waals surface area contributed by atoms with E-state index in [1.807, 2.05) is 16.8 Å². The summed E-state index contributed by atoms with van der Waals surface area (Å²) in [5.41, 5.74) is 2.02. The van der Waals surface area contributed by atoms with Gasteiger partial charge in [-0.2, -0.15) is 0 Å². The van der Waals surface area contributed by atoms with Crippen molar-refractivity contribution in [1.29, 1.82) is 0 Å². The molecule has 1 aromatic heterocycles. The zero-order chi connectivity index (χ0) is 16.9. The summed E-state index contributed by atoms with van der Waals surface area (Å²) in [6.07, 6.45) is 4.80. The number of aromatic nitrogens is 2. The van der Waals surface area contributed by atoms with Crippen LogP contribution in [-0.2, 0) is 6.54 Å². The second-order valence-electron chi connectivity index (χ2n) is 5.55. The molecule has 0 spiro atoms. The summed E-state index contributed by atoms with van der Waals surface area (Å²) in [6.45, 7) is 0.586. The number of nitrogens with zero attached hydrogens (tertiary/aromatic N) is 2. The van der Waals surface area contributed by atoms with Gasteiger partial charge >= 0.3 is 0 Å². The number of hydrogen-bond donors (Lipinski definition) is 1. The Morgan fingerprint density at radius 2 is 1.96 bits per heavy atom. The van der Waals surface area contributed by atoms with E-state index in [0.29, 0.717) is 29.1 Å². The number of rotatable bonds is 6. The summed E-state index contributed by atoms with van der Waals surface area (Å²) in [5.74, 6) is 0.0360. The molecule has 3 aromatic rings. The highest BCUT2D eigenvalue weighted by molar-refractivity contribution is 6.30. The molecule has 0 bridgehead atoms. The number of ketones is 1. The number of carbonyl (C=O) groups is 1. The molecule has 1 heterocycles. The maximum atomic E-state index is 12.4. The number of imidazole rings is 1. The van der Waals surface area contributed by atoms with Crippen molar-refractivity contribution in [3.8, 4) is 0 Å². The maximum Gasteiger partial charge on any atom is 0.164 e. The van der Waals surface area contributed by atoms with Gasteiger partial charge in [0.15, 0.2) is 5.78 Å². The van der Waals surface area contributed by atoms with Crippen LogP contribution in [0.1, 0.15) is 34.0 Å². The fourth-order valence-corrected chi connectivity index (χ4v) is 2.64. The Labute approximate surface area is 145 Å². The van der Waals surface area contributed by atoms with Gasteiger partial charge in [0, 0.05) is 35.9 Å². The molecule has 0 aliphatic rings. The minimum Gasteiger partial charge on any atom is -0.384 e. The van der Waals surface area contributed by atoms with Crippen LogP contribution in [0.5, 0.6) is 0 Å². The van der Waals surface area contributed by atoms with Gasteiger partial charge in [-0.3, -0.25) is 4.79 Å². The van der Waals surface area contributed by atoms with Crippen LogP contribution in [0.3, 0.4) is 0 Å². The molecule has 0 saturated heterocycles. The van der Waals surface area contributed by atoms with Crippen LogP contribution in [0.4, 0.5) is 0 Å². The molecule has 0 radical (unpaired) electrons. The van der Waals surface area contributed by atoms with Gasteiger partial charge in [-0.1, -0.05) is 41.9 Å². The third-order valence-electron chi connectivity index (χ3n) is 3.87. The number of carbonyl (C=O) groups excluding carboxylic acids is 1. The normalized spacial score (nSPS) is 12.1. The number of Topliss-reactive ketones (excluding diaryl/α,β-unsaturated/α-hetero) is 1. The molecular formula is C19H17ClN2O2. The van der Waals surface area contributed by atoms with Gasteiger partial charge in [-0.25, -0.2) is 4.98 Å². The summed E-state index contributed by atoms with van der Waals surface area (Å²) in [6, 6.07) is 14.1. The fourth-order valence-electron chi connectivity index (χ4n) is 2.51. The highest BCUT2D eigenvalue weighted by Crippen LogP contribution is 2.24. The highest BCUT2D eigenvalue weighted by Gasteiger charge is 2.13. The van der Waals surface area contributed by atoms with Crippen LogP contribution in [0.15, 0.2) is 67.3 Å². The molecule has 3 rings (SSSR count). The van der Waals surface area contributed by atoms with Crippen molar-refractivity contribution >= 4 is 17.4 Å². The van der Waals surface area contributed by atoms with E-state index in [1.165, 1.54) is 0 Å². The molecule has 0 saturated carbocycles. The summed E-state index contributed by atoms with van der Waals surface area (Å²) < 4.78 is 1.87. The average molecular weight is 341 g/mol. The minimum absolute atomic E-state index is 0.0360. The van der Waals surface area contributed by atoms with E-state index in [9.17, 15) is 9.90 Å². The molecule has 1 atom stereocenters. The maximum absolute atomic E-state index is 12.4. The lowest BCUT2D eigenvalue weighted by Crippen LogP contribution is -2.06. The third-order valence-corrected chi connectivity index (χ3v) is 4.12. The lowest BCUT2D eigenvalue weighted by molar-refractivity contribution is 0.0977. The molecule has 1 unspecified atom stereocenters. The Bertz CT molecular complexity index is 814. The number of aryl methyl sites for hydroxylation is 1. The van der Waals surface area contributed by atoms with Crippen LogP contribution in [-0.4, -0.2) is 20.4 Å². The molecule has 0 amide bonds. The standard InChI is InChI=1S/C19H17ClN2O2/c20-17-6-4-14(5-7-17)19(24)16-3-1-2-15(12-16)18(23)8-10-22-11-9-21-13-22/h1-7,9,11-13,19,24H,8,10H2. The zero-order valence-corrected chi connectivity index (χ0v) is 13.7. The second kappa shape index (κ2) is 7.43. The third kappa shape index (κ3) is 3.91. The lowest BCUT2D eigenvalue weighted by atomic mass is 9.98. The van der Waals surface area contributed by atoms with Crippen molar-refractivity contribution in [3.05, 3.63) is 89.0 Å². The smallest absolute Gasteiger partial charge is 0.164 e. The molecule has 0 aliphatic carbocycles. The number of benzene rings is 2. The minimum atomic E-state index is -0.788. The molecule has 1 N–H and O–H groups in total. The van der Waals surface area contributed by atoms with Crippen LogP contribution < -0.4 is 0 Å². The topological polar surface area (TPSA) is 55.1 Å². The van der Waals surface area contributed by atoms with E-state index in [0.717, 1.165) is 5.56 Å². The van der Waals surface area contributed by atoms with Gasteiger partial charge in [-0.05, 0) is 29.3 Å². The van der Waals surface area contributed by atoms with Crippen LogP contribution >= 0.6 is 11.6 Å². The van der Waals surface area contributed by atoms with Crippen LogP contribution in [0, 0.1) is 0 Å². The molecule has 4 nitrogen and oxygen atoms in total. The fraction of sp³-hybridized carbons (Fsp3) is 0.158. The molecule has 122 valence electrons. The van der Waals surface area contributed by atoms with Gasteiger partial charge in [0.1, 0.15) is 6.10 Å². The van der Waals surface area contributed by atoms with E-state index < -0.39 is 6.10 Å². The van der Waals surface area contributed by atoms with E-state index in [1.54, 1.807) is 55.0 Å². The zero-order valence-electron chi connectivity index (χ0n) is 13.0. The molecule has 5 heteroatoms. The largest absolute Gasteiger partial charge is 0.384 e. The Balaban J connectivity index is 1.73. The van der Waals surface area contributed by atoms with Crippen LogP contribution in [0.25, 0.3) is 0 Å². The van der Waals surface area contributed by atoms with Gasteiger partial charge < -0.3 is 9.67 Å². The first kappa shape index (κ1) is 16.4. The SMILES string of the molecule is O=C(CCn1ccnc1)c1cccc(C(O)c2ccc(Cl)cc2)c1. The van der Waals surface area contributed by atoms with Crippen molar-refractivity contribution in [2.75, 3.05) is 0 Å². The summed E-state index contributed by atoms with van der Waals surface area (Å²) >= 11 is 5.87. The van der Waals surface area contributed by atoms with E-state index in [4.69, 9.17) is 11.6 Å². The van der Waals surface area contributed by atoms with Crippen molar-refractivity contribution in [2.24, 2.45) is 0 Å². The highest BCUT2D eigenvalue weighted by atomic mass is 35.5. The Kier molecular flexibility index (Phi) is 5.08. The summed E-state index contributed by atoms with van der Waals surface area (Å²) in [5, 5.41) is 11.1. The summed E-state index contributed by atoms with van der Waals surface area (Å²) in [4.78, 5) is 16.3. The molecule has 24 heavy (non-hydrogen) atoms. The number of halogens is 1. The number of hydrogen-bond acceptors (Lipinski definition) is 3. The monoisotopic (exact) mass is 340 g/mol. The molecule has 0 aliphatic heterocycles. The summed E-state index contributed by atoms with van der Waals surface area (Å²) in [7, 11) is 0. The van der Waals surface area contributed by atoms with Crippen molar-refractivity contribution in [1.82, 2.24) is 9.55 Å². The first-order valence-electron chi connectivity index (χ1n) is 7.66. The number of aliphatic hydroxyl groups is 1. The van der Waals surface area contributed by atoms with E-state index in [2.05, 4.69) is 4.98 Å². The number of aliphatic hydroxyl groups excluding tert-OH is 1. The molecular weight excluding hydrogens is 324 g/mol. The molecule has 2 aromatic carbocycles. The van der Waals surface area contributed by atoms with Gasteiger partial charge in [0.05, 0.1) is 6.33 Å². The predicted octanol–water partition coefficient (Wildman–Crippen LogP) is 3.89. The molecule has 0 fully saturated rings. The predicted molar refractivity (Wildman–Crippen MR) is 93.1 cm³/mol. The van der Waals surface area contributed by atoms with Crippen molar-refractivity contribution in [3.63, 3.8) is 0 Å². The van der Waals surface area contributed by atoms with Gasteiger partial charge in [0.25, 0.3) is 0 Å². The quantitative estimate of drug-likeness (QED) is 0.692. The van der Waals surface area contributed by atoms with Gasteiger partial charge in [-0.15, -0.1) is 0 Å². The Hall–Kier alpha value is -2.43. The first-order chi connectivity index (χ1) is 11.6. The van der Waals surface area contributed by atoms with E-state index >= 15 is 0 Å². The van der Waals surface area contributed by atoms with Crippen LogP contribution in [0.2, 0.25) is 5.02 Å². The van der Waals surface area contributed by atoms with Crippen molar-refractivity contribution < 1.29 is 9.90 Å². The van der Waals surface area contributed by atoms with E-state index in [-0.39, 0.29) is 5.78 Å².